The van der Waals surface area contributed by atoms with Crippen LogP contribution in [-0.4, -0.2) is 30.6 Å². The highest BCUT2D eigenvalue weighted by Gasteiger charge is 2.58. The lowest BCUT2D eigenvalue weighted by atomic mass is 9.92. The van der Waals surface area contributed by atoms with Crippen molar-refractivity contribution in [1.82, 2.24) is 4.90 Å². The fourth-order valence-electron chi connectivity index (χ4n) is 4.67. The highest BCUT2D eigenvalue weighted by atomic mass is 16.7. The first-order valence-corrected chi connectivity index (χ1v) is 10.0. The number of carbonyl (C=O) groups is 2. The van der Waals surface area contributed by atoms with Crippen LogP contribution in [0.15, 0.2) is 66.7 Å². The maximum absolute atomic E-state index is 13.7. The van der Waals surface area contributed by atoms with Gasteiger partial charge < -0.3 is 19.7 Å². The molecule has 3 aromatic rings. The minimum Gasteiger partial charge on any atom is -0.454 e. The summed E-state index contributed by atoms with van der Waals surface area (Å²) >= 11 is 0. The molecule has 3 aromatic carbocycles. The number of ether oxygens (including phenoxy) is 2. The van der Waals surface area contributed by atoms with Gasteiger partial charge in [0, 0.05) is 24.8 Å². The van der Waals surface area contributed by atoms with Crippen LogP contribution in [0.2, 0.25) is 0 Å². The standard InChI is InChI=1S/C24H19N3O4/c1-26-19-9-5-3-7-17(19)24(23(26)29)25-18-8-4-2-6-16(18)22(28)27(24)13-15-10-11-20-21(12-15)31-14-30-20/h2-12,25H,13-14H2,1H3/t24-/m1/s1. The van der Waals surface area contributed by atoms with Crippen molar-refractivity contribution < 1.29 is 19.1 Å². The van der Waals surface area contributed by atoms with E-state index in [1.165, 1.54) is 0 Å². The highest BCUT2D eigenvalue weighted by molar-refractivity contribution is 6.15. The molecule has 0 saturated carbocycles. The topological polar surface area (TPSA) is 71.1 Å². The van der Waals surface area contributed by atoms with Crippen LogP contribution in [0.25, 0.3) is 0 Å². The maximum Gasteiger partial charge on any atom is 0.278 e. The van der Waals surface area contributed by atoms with Crippen LogP contribution in [0.4, 0.5) is 11.4 Å². The minimum absolute atomic E-state index is 0.178. The Morgan fingerprint density at radius 2 is 1.74 bits per heavy atom. The predicted octanol–water partition coefficient (Wildman–Crippen LogP) is 3.31. The van der Waals surface area contributed by atoms with Crippen molar-refractivity contribution in [3.63, 3.8) is 0 Å². The summed E-state index contributed by atoms with van der Waals surface area (Å²) in [6.45, 7) is 0.404. The first-order valence-electron chi connectivity index (χ1n) is 10.0. The van der Waals surface area contributed by atoms with Gasteiger partial charge in [0.1, 0.15) is 0 Å². The van der Waals surface area contributed by atoms with Crippen LogP contribution in [-0.2, 0) is 17.0 Å². The third kappa shape index (κ3) is 2.34. The molecule has 6 rings (SSSR count). The summed E-state index contributed by atoms with van der Waals surface area (Å²) in [6, 6.07) is 20.5. The van der Waals surface area contributed by atoms with Crippen LogP contribution in [0.3, 0.4) is 0 Å². The van der Waals surface area contributed by atoms with Gasteiger partial charge >= 0.3 is 0 Å². The SMILES string of the molecule is CN1C(=O)[C@@]2(Nc3ccccc3C(=O)N2Cc2ccc3c(c2)OCO3)c2ccccc21. The van der Waals surface area contributed by atoms with Gasteiger partial charge in [0.05, 0.1) is 11.3 Å². The molecule has 3 heterocycles. The molecule has 0 unspecified atom stereocenters. The molecule has 0 aliphatic carbocycles. The summed E-state index contributed by atoms with van der Waals surface area (Å²) in [6.07, 6.45) is 0. The van der Waals surface area contributed by atoms with E-state index >= 15 is 0 Å². The number of benzene rings is 3. The van der Waals surface area contributed by atoms with Gasteiger partial charge in [0.2, 0.25) is 12.5 Å². The number of amides is 2. The molecule has 1 spiro atoms. The molecule has 3 aliphatic heterocycles. The summed E-state index contributed by atoms with van der Waals surface area (Å²) in [5, 5.41) is 3.42. The second kappa shape index (κ2) is 6.25. The zero-order valence-corrected chi connectivity index (χ0v) is 16.8. The summed E-state index contributed by atoms with van der Waals surface area (Å²) in [7, 11) is 1.74. The van der Waals surface area contributed by atoms with E-state index in [-0.39, 0.29) is 25.2 Å². The summed E-state index contributed by atoms with van der Waals surface area (Å²) in [5.41, 5.74) is 2.24. The summed E-state index contributed by atoms with van der Waals surface area (Å²) < 4.78 is 10.9. The zero-order chi connectivity index (χ0) is 21.2. The third-order valence-electron chi connectivity index (χ3n) is 6.17. The predicted molar refractivity (Wildman–Crippen MR) is 114 cm³/mol. The van der Waals surface area contributed by atoms with E-state index in [0.717, 1.165) is 16.8 Å². The molecule has 1 N–H and O–H groups in total. The van der Waals surface area contributed by atoms with Crippen molar-refractivity contribution in [3.8, 4) is 11.5 Å². The van der Waals surface area contributed by atoms with Crippen molar-refractivity contribution >= 4 is 23.2 Å². The molecule has 31 heavy (non-hydrogen) atoms. The van der Waals surface area contributed by atoms with E-state index < -0.39 is 5.66 Å². The van der Waals surface area contributed by atoms with Gasteiger partial charge in [-0.25, -0.2) is 0 Å². The lowest BCUT2D eigenvalue weighted by Gasteiger charge is -2.45. The number of hydrogen-bond acceptors (Lipinski definition) is 5. The van der Waals surface area contributed by atoms with Gasteiger partial charge in [-0.1, -0.05) is 36.4 Å². The van der Waals surface area contributed by atoms with Crippen molar-refractivity contribution in [1.29, 1.82) is 0 Å². The van der Waals surface area contributed by atoms with Crippen molar-refractivity contribution in [2.45, 2.75) is 12.2 Å². The van der Waals surface area contributed by atoms with Crippen LogP contribution in [0, 0.1) is 0 Å². The number of para-hydroxylation sites is 2. The minimum atomic E-state index is -1.33. The molecular weight excluding hydrogens is 394 g/mol. The molecule has 7 heteroatoms. The fraction of sp³-hybridized carbons (Fsp3) is 0.167. The quantitative estimate of drug-likeness (QED) is 0.698. The number of carbonyl (C=O) groups excluding carboxylic acids is 2. The highest BCUT2D eigenvalue weighted by Crippen LogP contribution is 2.48. The Labute approximate surface area is 178 Å². The lowest BCUT2D eigenvalue weighted by molar-refractivity contribution is -0.127. The van der Waals surface area contributed by atoms with Crippen molar-refractivity contribution in [2.24, 2.45) is 0 Å². The summed E-state index contributed by atoms with van der Waals surface area (Å²) in [4.78, 5) is 30.7. The number of nitrogens with one attached hydrogen (secondary N) is 1. The first-order chi connectivity index (χ1) is 15.1. The number of fused-ring (bicyclic) bond motifs is 4. The Bertz CT molecular complexity index is 1260. The van der Waals surface area contributed by atoms with Crippen molar-refractivity contribution in [2.75, 3.05) is 24.1 Å². The van der Waals surface area contributed by atoms with Crippen LogP contribution < -0.4 is 19.7 Å². The number of likely N-dealkylation sites (N-methyl/N-ethyl adjacent to an activating group) is 1. The van der Waals surface area contributed by atoms with Gasteiger partial charge in [-0.05, 0) is 35.9 Å². The monoisotopic (exact) mass is 413 g/mol. The molecule has 154 valence electrons. The van der Waals surface area contributed by atoms with Gasteiger partial charge in [0.15, 0.2) is 11.5 Å². The molecule has 3 aliphatic rings. The van der Waals surface area contributed by atoms with E-state index in [2.05, 4.69) is 5.32 Å². The Morgan fingerprint density at radius 1 is 0.968 bits per heavy atom. The molecular formula is C24H19N3O4. The fourth-order valence-corrected chi connectivity index (χ4v) is 4.67. The Morgan fingerprint density at radius 3 is 2.65 bits per heavy atom. The smallest absolute Gasteiger partial charge is 0.278 e. The van der Waals surface area contributed by atoms with E-state index in [9.17, 15) is 9.59 Å². The molecule has 0 bridgehead atoms. The van der Waals surface area contributed by atoms with Crippen LogP contribution in [0.5, 0.6) is 11.5 Å². The van der Waals surface area contributed by atoms with E-state index in [1.54, 1.807) is 22.9 Å². The van der Waals surface area contributed by atoms with E-state index in [1.807, 2.05) is 60.7 Å². The molecule has 7 nitrogen and oxygen atoms in total. The van der Waals surface area contributed by atoms with Gasteiger partial charge in [0.25, 0.3) is 11.8 Å². The number of nitrogens with zero attached hydrogens (tertiary/aromatic N) is 2. The molecule has 0 saturated heterocycles. The maximum atomic E-state index is 13.7. The Balaban J connectivity index is 1.53. The van der Waals surface area contributed by atoms with E-state index in [4.69, 9.17) is 9.47 Å². The second-order valence-corrected chi connectivity index (χ2v) is 7.84. The first kappa shape index (κ1) is 17.8. The van der Waals surface area contributed by atoms with Gasteiger partial charge in [-0.2, -0.15) is 0 Å². The number of rotatable bonds is 2. The van der Waals surface area contributed by atoms with E-state index in [0.29, 0.717) is 22.7 Å². The number of anilines is 2. The average Bonchev–Trinajstić information content (AvgIpc) is 3.35. The number of hydrogen-bond donors (Lipinski definition) is 1. The summed E-state index contributed by atoms with van der Waals surface area (Å²) in [5.74, 6) is 0.913. The largest absolute Gasteiger partial charge is 0.454 e. The van der Waals surface area contributed by atoms with Gasteiger partial charge in [-0.3, -0.25) is 14.5 Å². The second-order valence-electron chi connectivity index (χ2n) is 7.84. The van der Waals surface area contributed by atoms with Gasteiger partial charge in [-0.15, -0.1) is 0 Å². The molecule has 0 fully saturated rings. The Kier molecular flexibility index (Phi) is 3.59. The lowest BCUT2D eigenvalue weighted by Crippen LogP contribution is -2.61. The Hall–Kier alpha value is -4.00. The van der Waals surface area contributed by atoms with Crippen LogP contribution >= 0.6 is 0 Å². The third-order valence-corrected chi connectivity index (χ3v) is 6.17. The molecule has 0 aromatic heterocycles. The van der Waals surface area contributed by atoms with Crippen LogP contribution in [0.1, 0.15) is 21.5 Å². The zero-order valence-electron chi connectivity index (χ0n) is 16.8. The normalized spacial score (nSPS) is 20.7. The molecule has 1 atom stereocenters. The molecule has 2 amide bonds. The molecule has 0 radical (unpaired) electrons. The van der Waals surface area contributed by atoms with Crippen molar-refractivity contribution in [3.05, 3.63) is 83.4 Å². The average molecular weight is 413 g/mol.